The first-order chi connectivity index (χ1) is 17.3. The van der Waals surface area contributed by atoms with E-state index in [1.807, 2.05) is 13.0 Å². The Balaban J connectivity index is 1.40. The third kappa shape index (κ3) is 3.16. The lowest BCUT2D eigenvalue weighted by molar-refractivity contribution is -0.125. The number of furan rings is 1. The number of aryl methyl sites for hydroxylation is 2. The Labute approximate surface area is 204 Å². The van der Waals surface area contributed by atoms with Crippen LogP contribution in [0.2, 0.25) is 0 Å². The van der Waals surface area contributed by atoms with E-state index in [2.05, 4.69) is 20.8 Å². The van der Waals surface area contributed by atoms with E-state index in [4.69, 9.17) is 13.7 Å². The van der Waals surface area contributed by atoms with Crippen LogP contribution in [0, 0.1) is 13.8 Å². The van der Waals surface area contributed by atoms with Crippen molar-refractivity contribution in [2.45, 2.75) is 25.9 Å². The number of methoxy groups -OCH3 is 1. The molecule has 5 heterocycles. The van der Waals surface area contributed by atoms with Crippen LogP contribution in [0.3, 0.4) is 0 Å². The average molecular weight is 487 g/mol. The summed E-state index contributed by atoms with van der Waals surface area (Å²) >= 11 is 0. The smallest absolute Gasteiger partial charge is 0.322 e. The van der Waals surface area contributed by atoms with Gasteiger partial charge < -0.3 is 23.9 Å². The zero-order valence-corrected chi connectivity index (χ0v) is 19.7. The lowest BCUT2D eigenvalue weighted by atomic mass is 9.95. The number of hydrogen-bond donors (Lipinski definition) is 2. The van der Waals surface area contributed by atoms with Gasteiger partial charge in [0.25, 0.3) is 11.8 Å². The third-order valence-corrected chi connectivity index (χ3v) is 6.68. The van der Waals surface area contributed by atoms with Crippen molar-refractivity contribution in [2.24, 2.45) is 0 Å². The number of carbonyl (C=O) groups is 3. The number of imide groups is 1. The molecule has 4 amide bonds. The van der Waals surface area contributed by atoms with Gasteiger partial charge in [-0.3, -0.25) is 19.9 Å². The van der Waals surface area contributed by atoms with Gasteiger partial charge in [-0.1, -0.05) is 11.2 Å². The van der Waals surface area contributed by atoms with E-state index in [1.165, 1.54) is 12.0 Å². The van der Waals surface area contributed by atoms with Crippen LogP contribution in [-0.4, -0.2) is 46.5 Å². The van der Waals surface area contributed by atoms with Crippen LogP contribution >= 0.6 is 0 Å². The molecule has 3 aromatic heterocycles. The second-order valence-electron chi connectivity index (χ2n) is 8.92. The van der Waals surface area contributed by atoms with E-state index in [0.717, 1.165) is 11.1 Å². The summed E-state index contributed by atoms with van der Waals surface area (Å²) in [6, 6.07) is 7.98. The molecule has 0 spiro atoms. The summed E-state index contributed by atoms with van der Waals surface area (Å²) in [7, 11) is 1.53. The number of amides is 4. The number of nitrogens with zero attached hydrogens (tertiary/aromatic N) is 3. The zero-order valence-electron chi connectivity index (χ0n) is 19.7. The van der Waals surface area contributed by atoms with Gasteiger partial charge in [0.05, 0.1) is 30.6 Å². The minimum absolute atomic E-state index is 0.121. The highest BCUT2D eigenvalue weighted by Gasteiger charge is 2.53. The van der Waals surface area contributed by atoms with Gasteiger partial charge in [-0.15, -0.1) is 0 Å². The Bertz CT molecular complexity index is 1570. The fourth-order valence-corrected chi connectivity index (χ4v) is 4.86. The molecule has 11 nitrogen and oxygen atoms in total. The van der Waals surface area contributed by atoms with E-state index in [1.54, 1.807) is 37.4 Å². The molecule has 1 aromatic carbocycles. The van der Waals surface area contributed by atoms with Crippen molar-refractivity contribution in [1.29, 1.82) is 0 Å². The minimum atomic E-state index is -1.61. The molecule has 36 heavy (non-hydrogen) atoms. The predicted molar refractivity (Wildman–Crippen MR) is 125 cm³/mol. The van der Waals surface area contributed by atoms with Crippen molar-refractivity contribution in [1.82, 2.24) is 25.7 Å². The largest absolute Gasteiger partial charge is 0.497 e. The van der Waals surface area contributed by atoms with Gasteiger partial charge in [-0.25, -0.2) is 4.79 Å². The monoisotopic (exact) mass is 487 g/mol. The molecule has 2 aliphatic heterocycles. The van der Waals surface area contributed by atoms with E-state index in [-0.39, 0.29) is 24.8 Å². The topological polar surface area (TPSA) is 140 Å². The van der Waals surface area contributed by atoms with Gasteiger partial charge in [0.15, 0.2) is 5.54 Å². The second kappa shape index (κ2) is 7.67. The first kappa shape index (κ1) is 21.8. The maximum atomic E-state index is 13.2. The molecule has 0 saturated carbocycles. The summed E-state index contributed by atoms with van der Waals surface area (Å²) in [5.74, 6) is 0.501. The van der Waals surface area contributed by atoms with Crippen LogP contribution in [0.4, 0.5) is 4.79 Å². The van der Waals surface area contributed by atoms with Crippen LogP contribution in [0.1, 0.15) is 33.1 Å². The lowest BCUT2D eigenvalue weighted by Crippen LogP contribution is -2.52. The van der Waals surface area contributed by atoms with Crippen molar-refractivity contribution < 1.29 is 28.1 Å². The summed E-state index contributed by atoms with van der Waals surface area (Å²) in [6.07, 6.45) is 1.62. The number of carbonyl (C=O) groups excluding carboxylic acids is 3. The Morgan fingerprint density at radius 1 is 1.17 bits per heavy atom. The number of ether oxygens (including phenoxy) is 1. The molecule has 4 aromatic rings. The number of nitrogens with one attached hydrogen (secondary N) is 2. The first-order valence-electron chi connectivity index (χ1n) is 11.2. The number of urea groups is 1. The quantitative estimate of drug-likeness (QED) is 0.410. The number of fused-ring (bicyclic) bond motifs is 2. The van der Waals surface area contributed by atoms with E-state index >= 15 is 0 Å². The number of rotatable bonds is 5. The maximum Gasteiger partial charge on any atom is 0.322 e. The maximum absolute atomic E-state index is 13.2. The van der Waals surface area contributed by atoms with Crippen LogP contribution < -0.4 is 15.4 Å². The van der Waals surface area contributed by atoms with Crippen molar-refractivity contribution in [3.05, 3.63) is 64.9 Å². The summed E-state index contributed by atoms with van der Waals surface area (Å²) in [6.45, 7) is 3.77. The molecule has 1 saturated heterocycles. The number of aromatic nitrogens is 2. The van der Waals surface area contributed by atoms with Crippen LogP contribution in [0.15, 0.2) is 45.5 Å². The lowest BCUT2D eigenvalue weighted by Gasteiger charge is -2.29. The van der Waals surface area contributed by atoms with Gasteiger partial charge in [0, 0.05) is 29.8 Å². The molecule has 0 bridgehead atoms. The highest BCUT2D eigenvalue weighted by Crippen LogP contribution is 2.36. The van der Waals surface area contributed by atoms with Gasteiger partial charge in [0.2, 0.25) is 0 Å². The van der Waals surface area contributed by atoms with Crippen molar-refractivity contribution in [2.75, 3.05) is 13.7 Å². The normalized spacial score (nSPS) is 19.1. The average Bonchev–Trinajstić information content (AvgIpc) is 3.59. The Morgan fingerprint density at radius 3 is 2.69 bits per heavy atom. The standard InChI is InChI=1S/C25H21N5O6/c1-12-21(13(2)36-29-12)18-8-19-15(9-26-18)6-20(35-19)25(23(32)27-24(33)28-25)11-30-10-14-4-5-16(34-3)7-17(14)22(30)31/h4-9H,10-11H2,1-3H3,(H2,27,28,32,33)/t25-/m0/s1. The molecule has 6 rings (SSSR count). The molecule has 11 heteroatoms. The summed E-state index contributed by atoms with van der Waals surface area (Å²) in [5, 5.41) is 9.58. The van der Waals surface area contributed by atoms with Gasteiger partial charge in [0.1, 0.15) is 22.9 Å². The zero-order chi connectivity index (χ0) is 25.2. The molecule has 2 aliphatic rings. The van der Waals surface area contributed by atoms with Crippen molar-refractivity contribution in [3.63, 3.8) is 0 Å². The molecule has 182 valence electrons. The molecule has 2 N–H and O–H groups in total. The summed E-state index contributed by atoms with van der Waals surface area (Å²) in [5.41, 5.74) is 2.20. The van der Waals surface area contributed by atoms with Crippen molar-refractivity contribution >= 4 is 28.8 Å². The molecule has 0 unspecified atom stereocenters. The van der Waals surface area contributed by atoms with Crippen LogP contribution in [-0.2, 0) is 16.9 Å². The Hall–Kier alpha value is -4.67. The van der Waals surface area contributed by atoms with Gasteiger partial charge in [-0.2, -0.15) is 0 Å². The van der Waals surface area contributed by atoms with Gasteiger partial charge >= 0.3 is 6.03 Å². The van der Waals surface area contributed by atoms with E-state index in [0.29, 0.717) is 39.4 Å². The minimum Gasteiger partial charge on any atom is -0.497 e. The second-order valence-corrected chi connectivity index (χ2v) is 8.92. The van der Waals surface area contributed by atoms with Crippen molar-refractivity contribution in [3.8, 4) is 17.0 Å². The fraction of sp³-hybridized carbons (Fsp3) is 0.240. The first-order valence-corrected chi connectivity index (χ1v) is 11.2. The molecule has 1 fully saturated rings. The third-order valence-electron chi connectivity index (χ3n) is 6.68. The number of benzene rings is 1. The fourth-order valence-electron chi connectivity index (χ4n) is 4.86. The number of hydrogen-bond acceptors (Lipinski definition) is 8. The predicted octanol–water partition coefficient (Wildman–Crippen LogP) is 2.80. The highest BCUT2D eigenvalue weighted by molar-refractivity contribution is 6.08. The Kier molecular flexibility index (Phi) is 4.65. The van der Waals surface area contributed by atoms with E-state index < -0.39 is 17.5 Å². The van der Waals surface area contributed by atoms with E-state index in [9.17, 15) is 14.4 Å². The molecular formula is C25H21N5O6. The van der Waals surface area contributed by atoms with Gasteiger partial charge in [-0.05, 0) is 37.6 Å². The molecule has 0 radical (unpaired) electrons. The molecule has 1 atom stereocenters. The van der Waals surface area contributed by atoms with Crippen LogP contribution in [0.25, 0.3) is 22.2 Å². The Morgan fingerprint density at radius 2 is 2.00 bits per heavy atom. The summed E-state index contributed by atoms with van der Waals surface area (Å²) < 4.78 is 16.6. The summed E-state index contributed by atoms with van der Waals surface area (Å²) in [4.78, 5) is 44.6. The molecular weight excluding hydrogens is 466 g/mol. The number of pyridine rings is 1. The SMILES string of the molecule is COc1ccc2c(c1)C(=O)N(C[C@@]1(c3cc4cnc(-c5c(C)noc5C)cc4o3)NC(=O)NC1=O)C2. The molecule has 0 aliphatic carbocycles. The van der Waals surface area contributed by atoms with Crippen LogP contribution in [0.5, 0.6) is 5.75 Å². The highest BCUT2D eigenvalue weighted by atomic mass is 16.5.